The van der Waals surface area contributed by atoms with Gasteiger partial charge in [-0.3, -0.25) is 4.79 Å². The van der Waals surface area contributed by atoms with Crippen LogP contribution in [0.25, 0.3) is 0 Å². The van der Waals surface area contributed by atoms with Crippen LogP contribution in [0, 0.1) is 5.92 Å². The summed E-state index contributed by atoms with van der Waals surface area (Å²) in [6, 6.07) is 0. The van der Waals surface area contributed by atoms with Crippen LogP contribution in [-0.2, 0) is 19.0 Å². The number of aliphatic hydroxyl groups is 2. The second-order valence-corrected chi connectivity index (χ2v) is 4.99. The maximum atomic E-state index is 11.3. The Kier molecular flexibility index (Phi) is 3.15. The molecule has 2 aliphatic rings. The van der Waals surface area contributed by atoms with E-state index in [-0.39, 0.29) is 6.42 Å². The number of esters is 1. The molecule has 17 heavy (non-hydrogen) atoms. The molecule has 0 aromatic heterocycles. The molecule has 0 unspecified atom stereocenters. The zero-order valence-electron chi connectivity index (χ0n) is 10.1. The third kappa shape index (κ3) is 2.18. The molecule has 5 atom stereocenters. The topological polar surface area (TPSA) is 85.2 Å². The summed E-state index contributed by atoms with van der Waals surface area (Å²) in [5.41, 5.74) is 0. The van der Waals surface area contributed by atoms with Gasteiger partial charge in [-0.05, 0) is 13.8 Å². The van der Waals surface area contributed by atoms with E-state index >= 15 is 0 Å². The van der Waals surface area contributed by atoms with Gasteiger partial charge in [0.2, 0.25) is 0 Å². The Morgan fingerprint density at radius 2 is 1.82 bits per heavy atom. The van der Waals surface area contributed by atoms with Gasteiger partial charge in [-0.15, -0.1) is 0 Å². The Balaban J connectivity index is 2.13. The molecule has 1 saturated heterocycles. The van der Waals surface area contributed by atoms with E-state index in [1.807, 2.05) is 0 Å². The van der Waals surface area contributed by atoms with Crippen molar-refractivity contribution >= 4 is 5.97 Å². The average molecular weight is 246 g/mol. The number of hydrogen-bond donors (Lipinski definition) is 2. The van der Waals surface area contributed by atoms with Gasteiger partial charge in [-0.2, -0.15) is 0 Å². The molecule has 1 aliphatic heterocycles. The summed E-state index contributed by atoms with van der Waals surface area (Å²) < 4.78 is 15.7. The first-order valence-electron chi connectivity index (χ1n) is 5.64. The van der Waals surface area contributed by atoms with Crippen molar-refractivity contribution in [3.05, 3.63) is 0 Å². The summed E-state index contributed by atoms with van der Waals surface area (Å²) >= 11 is 0. The number of ether oxygens (including phenoxy) is 3. The van der Waals surface area contributed by atoms with Gasteiger partial charge in [-0.1, -0.05) is 0 Å². The van der Waals surface area contributed by atoms with Crippen LogP contribution in [0.3, 0.4) is 0 Å². The Morgan fingerprint density at radius 1 is 1.24 bits per heavy atom. The third-order valence-electron chi connectivity index (χ3n) is 3.34. The molecule has 1 heterocycles. The first kappa shape index (κ1) is 12.8. The van der Waals surface area contributed by atoms with Crippen LogP contribution in [0.1, 0.15) is 20.3 Å². The van der Waals surface area contributed by atoms with Crippen molar-refractivity contribution in [2.24, 2.45) is 5.92 Å². The van der Waals surface area contributed by atoms with Crippen molar-refractivity contribution in [1.29, 1.82) is 0 Å². The zero-order chi connectivity index (χ0) is 12.8. The fourth-order valence-electron chi connectivity index (χ4n) is 2.57. The van der Waals surface area contributed by atoms with E-state index in [9.17, 15) is 15.0 Å². The lowest BCUT2D eigenvalue weighted by molar-refractivity contribution is -0.183. The molecule has 1 aliphatic carbocycles. The number of rotatable bonds is 2. The number of carbonyl (C=O) groups excluding carboxylic acids is 1. The first-order valence-corrected chi connectivity index (χ1v) is 5.64. The van der Waals surface area contributed by atoms with E-state index in [4.69, 9.17) is 9.47 Å². The van der Waals surface area contributed by atoms with Crippen molar-refractivity contribution in [2.45, 2.75) is 50.5 Å². The molecule has 0 aromatic carbocycles. The molecule has 1 saturated carbocycles. The molecule has 0 radical (unpaired) electrons. The van der Waals surface area contributed by atoms with E-state index in [1.54, 1.807) is 13.8 Å². The quantitative estimate of drug-likeness (QED) is 0.634. The van der Waals surface area contributed by atoms with Gasteiger partial charge >= 0.3 is 5.97 Å². The molecule has 2 N–H and O–H groups in total. The van der Waals surface area contributed by atoms with Gasteiger partial charge in [0, 0.05) is 5.92 Å². The molecule has 0 spiro atoms. The number of methoxy groups -OCH3 is 1. The Labute approximate surface area is 99.5 Å². The number of carbonyl (C=O) groups is 1. The summed E-state index contributed by atoms with van der Waals surface area (Å²) in [6.07, 6.45) is -3.12. The van der Waals surface area contributed by atoms with E-state index in [1.165, 1.54) is 7.11 Å². The summed E-state index contributed by atoms with van der Waals surface area (Å²) in [7, 11) is 1.29. The molecule has 6 nitrogen and oxygen atoms in total. The van der Waals surface area contributed by atoms with Gasteiger partial charge in [0.15, 0.2) is 5.79 Å². The Bertz CT molecular complexity index is 315. The zero-order valence-corrected chi connectivity index (χ0v) is 10.1. The maximum Gasteiger partial charge on any atom is 0.305 e. The molecule has 0 bridgehead atoms. The van der Waals surface area contributed by atoms with Gasteiger partial charge in [0.25, 0.3) is 0 Å². The minimum absolute atomic E-state index is 0.00926. The van der Waals surface area contributed by atoms with Crippen LogP contribution < -0.4 is 0 Å². The minimum Gasteiger partial charge on any atom is -0.469 e. The molecular weight excluding hydrogens is 228 g/mol. The maximum absolute atomic E-state index is 11.3. The van der Waals surface area contributed by atoms with Crippen molar-refractivity contribution < 1.29 is 29.2 Å². The lowest BCUT2D eigenvalue weighted by atomic mass is 9.99. The van der Waals surface area contributed by atoms with E-state index in [0.29, 0.717) is 0 Å². The largest absolute Gasteiger partial charge is 0.469 e. The van der Waals surface area contributed by atoms with Crippen molar-refractivity contribution in [1.82, 2.24) is 0 Å². The molecule has 6 heteroatoms. The van der Waals surface area contributed by atoms with Gasteiger partial charge in [-0.25, -0.2) is 0 Å². The SMILES string of the molecule is COC(=O)C[C@@H]1[C@@H](O)[C@@H](O)[C@H]2OC(C)(C)O[C@@H]12. The molecule has 0 aromatic rings. The van der Waals surface area contributed by atoms with E-state index in [2.05, 4.69) is 4.74 Å². The number of aliphatic hydroxyl groups excluding tert-OH is 2. The van der Waals surface area contributed by atoms with Crippen LogP contribution in [0.15, 0.2) is 0 Å². The molecule has 2 rings (SSSR count). The number of hydrogen-bond acceptors (Lipinski definition) is 6. The predicted octanol–water partition coefficient (Wildman–Crippen LogP) is -0.579. The van der Waals surface area contributed by atoms with Crippen LogP contribution >= 0.6 is 0 Å². The van der Waals surface area contributed by atoms with E-state index in [0.717, 1.165) is 0 Å². The summed E-state index contributed by atoms with van der Waals surface area (Å²) in [6.45, 7) is 3.47. The normalized spacial score (nSPS) is 43.5. The highest BCUT2D eigenvalue weighted by Crippen LogP contribution is 2.43. The fourth-order valence-corrected chi connectivity index (χ4v) is 2.57. The number of fused-ring (bicyclic) bond motifs is 1. The molecule has 0 amide bonds. The summed E-state index contributed by atoms with van der Waals surface area (Å²) in [5.74, 6) is -1.73. The van der Waals surface area contributed by atoms with Crippen LogP contribution in [0.2, 0.25) is 0 Å². The van der Waals surface area contributed by atoms with Crippen molar-refractivity contribution in [3.63, 3.8) is 0 Å². The highest BCUT2D eigenvalue weighted by molar-refractivity contribution is 5.69. The van der Waals surface area contributed by atoms with E-state index < -0.39 is 42.1 Å². The molecule has 2 fully saturated rings. The standard InChI is InChI=1S/C11H18O6/c1-11(2)16-9-5(4-6(12)15-3)7(13)8(14)10(9)17-11/h5,7-10,13-14H,4H2,1-3H3/t5-,7-,8-,9+,10-/m1/s1. The Hall–Kier alpha value is -0.690. The van der Waals surface area contributed by atoms with Crippen LogP contribution in [-0.4, -0.2) is 53.5 Å². The highest BCUT2D eigenvalue weighted by Gasteiger charge is 2.58. The highest BCUT2D eigenvalue weighted by atomic mass is 16.8. The molecule has 98 valence electrons. The smallest absolute Gasteiger partial charge is 0.305 e. The van der Waals surface area contributed by atoms with Gasteiger partial charge in [0.05, 0.1) is 25.7 Å². The average Bonchev–Trinajstić information content (AvgIpc) is 2.67. The fraction of sp³-hybridized carbons (Fsp3) is 0.909. The minimum atomic E-state index is -1.03. The Morgan fingerprint density at radius 3 is 2.41 bits per heavy atom. The molecular formula is C11H18O6. The van der Waals surface area contributed by atoms with Gasteiger partial charge in [0.1, 0.15) is 12.2 Å². The van der Waals surface area contributed by atoms with Crippen molar-refractivity contribution in [3.8, 4) is 0 Å². The van der Waals surface area contributed by atoms with Crippen molar-refractivity contribution in [2.75, 3.05) is 7.11 Å². The second kappa shape index (κ2) is 4.20. The lowest BCUT2D eigenvalue weighted by Gasteiger charge is -2.24. The summed E-state index contributed by atoms with van der Waals surface area (Å²) in [5, 5.41) is 19.7. The summed E-state index contributed by atoms with van der Waals surface area (Å²) in [4.78, 5) is 11.3. The lowest BCUT2D eigenvalue weighted by Crippen LogP contribution is -2.36. The van der Waals surface area contributed by atoms with Gasteiger partial charge < -0.3 is 24.4 Å². The predicted molar refractivity (Wildman–Crippen MR) is 56.0 cm³/mol. The van der Waals surface area contributed by atoms with Crippen LogP contribution in [0.4, 0.5) is 0 Å². The third-order valence-corrected chi connectivity index (χ3v) is 3.34. The second-order valence-electron chi connectivity index (χ2n) is 4.99. The van der Waals surface area contributed by atoms with Crippen LogP contribution in [0.5, 0.6) is 0 Å². The monoisotopic (exact) mass is 246 g/mol. The first-order chi connectivity index (χ1) is 7.85.